The highest BCUT2D eigenvalue weighted by Gasteiger charge is 2.15. The molecule has 0 fully saturated rings. The molecule has 0 radical (unpaired) electrons. The number of rotatable bonds is 1. The number of esters is 1. The topological polar surface area (TPSA) is 59.2 Å². The molecule has 4 nitrogen and oxygen atoms in total. The highest BCUT2D eigenvalue weighted by molar-refractivity contribution is 9.10. The van der Waals surface area contributed by atoms with Crippen LogP contribution in [-0.4, -0.2) is 18.1 Å². The molecule has 0 aliphatic heterocycles. The van der Waals surface area contributed by atoms with Gasteiger partial charge in [0.15, 0.2) is 0 Å². The van der Waals surface area contributed by atoms with Gasteiger partial charge < -0.3 is 9.72 Å². The number of ether oxygens (including phenoxy) is 1. The van der Waals surface area contributed by atoms with Crippen LogP contribution in [0.2, 0.25) is 0 Å². The molecule has 0 saturated heterocycles. The van der Waals surface area contributed by atoms with Gasteiger partial charge in [-0.3, -0.25) is 4.79 Å². The number of nitrogens with one attached hydrogen (secondary N) is 1. The van der Waals surface area contributed by atoms with Crippen molar-refractivity contribution in [2.75, 3.05) is 7.11 Å². The predicted octanol–water partition coefficient (Wildman–Crippen LogP) is 2.08. The quantitative estimate of drug-likeness (QED) is 0.815. The highest BCUT2D eigenvalue weighted by atomic mass is 79.9. The zero-order valence-corrected chi connectivity index (χ0v) is 10.00. The summed E-state index contributed by atoms with van der Waals surface area (Å²) < 4.78 is 5.12. The number of halogens is 1. The summed E-state index contributed by atoms with van der Waals surface area (Å²) in [5.74, 6) is -0.574. The van der Waals surface area contributed by atoms with E-state index in [2.05, 4.69) is 25.7 Å². The Kier molecular flexibility index (Phi) is 2.78. The van der Waals surface area contributed by atoms with Crippen molar-refractivity contribution < 1.29 is 9.53 Å². The second-order valence-corrected chi connectivity index (χ2v) is 3.97. The Balaban J connectivity index is 2.86. The Bertz CT molecular complexity index is 618. The van der Waals surface area contributed by atoms with Crippen molar-refractivity contribution in [1.82, 2.24) is 4.98 Å². The smallest absolute Gasteiger partial charge is 0.355 e. The lowest BCUT2D eigenvalue weighted by Gasteiger charge is -2.05. The summed E-state index contributed by atoms with van der Waals surface area (Å²) in [5, 5.41) is 1.22. The molecule has 0 unspecified atom stereocenters. The van der Waals surface area contributed by atoms with Crippen LogP contribution in [-0.2, 0) is 4.74 Å². The van der Waals surface area contributed by atoms with Crippen LogP contribution in [0.5, 0.6) is 0 Å². The van der Waals surface area contributed by atoms with E-state index >= 15 is 0 Å². The first-order valence-corrected chi connectivity index (χ1v) is 5.33. The molecule has 0 atom stereocenters. The summed E-state index contributed by atoms with van der Waals surface area (Å²) >= 11 is 3.29. The third-order valence-corrected chi connectivity index (χ3v) is 3.08. The summed E-state index contributed by atoms with van der Waals surface area (Å²) in [6, 6.07) is 7.02. The highest BCUT2D eigenvalue weighted by Crippen LogP contribution is 2.24. The number of aromatic nitrogens is 1. The average molecular weight is 282 g/mol. The number of aromatic amines is 1. The Hall–Kier alpha value is -1.62. The number of carbonyl (C=O) groups excluding carboxylic acids is 1. The fourth-order valence-electron chi connectivity index (χ4n) is 1.49. The normalized spacial score (nSPS) is 10.4. The summed E-state index contributed by atoms with van der Waals surface area (Å²) in [7, 11) is 1.27. The molecule has 0 spiro atoms. The number of benzene rings is 1. The van der Waals surface area contributed by atoms with E-state index in [1.165, 1.54) is 7.11 Å². The van der Waals surface area contributed by atoms with Gasteiger partial charge in [0.25, 0.3) is 5.56 Å². The molecule has 5 heteroatoms. The second-order valence-electron chi connectivity index (χ2n) is 3.18. The van der Waals surface area contributed by atoms with Gasteiger partial charge in [-0.25, -0.2) is 4.79 Å². The fraction of sp³-hybridized carbons (Fsp3) is 0.0909. The summed E-state index contributed by atoms with van der Waals surface area (Å²) in [4.78, 5) is 25.6. The summed E-state index contributed by atoms with van der Waals surface area (Å²) in [6.07, 6.45) is 0. The van der Waals surface area contributed by atoms with E-state index in [0.717, 1.165) is 0 Å². The number of fused-ring (bicyclic) bond motifs is 1. The van der Waals surface area contributed by atoms with Gasteiger partial charge in [0.2, 0.25) is 0 Å². The van der Waals surface area contributed by atoms with Crippen molar-refractivity contribution in [1.29, 1.82) is 0 Å². The van der Waals surface area contributed by atoms with Gasteiger partial charge in [0.05, 0.1) is 11.6 Å². The maximum Gasteiger partial charge on any atom is 0.355 e. The van der Waals surface area contributed by atoms with E-state index in [9.17, 15) is 9.59 Å². The number of H-pyrrole nitrogens is 1. The van der Waals surface area contributed by atoms with Crippen molar-refractivity contribution in [3.63, 3.8) is 0 Å². The minimum Gasteiger partial charge on any atom is -0.464 e. The molecule has 0 aliphatic carbocycles. The van der Waals surface area contributed by atoms with Crippen LogP contribution in [0.25, 0.3) is 10.8 Å². The Morgan fingerprint density at radius 2 is 1.94 bits per heavy atom. The average Bonchev–Trinajstić information content (AvgIpc) is 2.33. The molecule has 82 valence electrons. The minimum absolute atomic E-state index is 0.131. The van der Waals surface area contributed by atoms with Crippen molar-refractivity contribution in [2.24, 2.45) is 0 Å². The van der Waals surface area contributed by atoms with Crippen LogP contribution in [0.3, 0.4) is 0 Å². The monoisotopic (exact) mass is 281 g/mol. The fourth-order valence-corrected chi connectivity index (χ4v) is 2.09. The molecule has 1 aromatic carbocycles. The van der Waals surface area contributed by atoms with Crippen molar-refractivity contribution in [3.05, 3.63) is 44.8 Å². The molecular weight excluding hydrogens is 274 g/mol. The molecule has 2 rings (SSSR count). The van der Waals surface area contributed by atoms with Gasteiger partial charge in [0.1, 0.15) is 5.69 Å². The van der Waals surface area contributed by atoms with Crippen LogP contribution in [0, 0.1) is 0 Å². The van der Waals surface area contributed by atoms with E-state index in [-0.39, 0.29) is 11.3 Å². The van der Waals surface area contributed by atoms with Gasteiger partial charge in [-0.15, -0.1) is 0 Å². The van der Waals surface area contributed by atoms with Crippen molar-refractivity contribution >= 4 is 32.7 Å². The number of hydrogen-bond acceptors (Lipinski definition) is 3. The Morgan fingerprint density at radius 3 is 2.56 bits per heavy atom. The molecule has 1 heterocycles. The van der Waals surface area contributed by atoms with Gasteiger partial charge in [0, 0.05) is 10.8 Å². The SMILES string of the molecule is COC(=O)c1[nH]c(=O)c2ccccc2c1Br. The van der Waals surface area contributed by atoms with E-state index in [1.807, 2.05) is 0 Å². The van der Waals surface area contributed by atoms with Gasteiger partial charge in [-0.2, -0.15) is 0 Å². The van der Waals surface area contributed by atoms with E-state index in [1.54, 1.807) is 24.3 Å². The molecule has 0 saturated carbocycles. The molecule has 0 aliphatic rings. The van der Waals surface area contributed by atoms with Crippen molar-refractivity contribution in [2.45, 2.75) is 0 Å². The second kappa shape index (κ2) is 4.09. The lowest BCUT2D eigenvalue weighted by Crippen LogP contribution is -2.15. The maximum atomic E-state index is 11.7. The molecule has 0 bridgehead atoms. The zero-order valence-electron chi connectivity index (χ0n) is 8.41. The van der Waals surface area contributed by atoms with Crippen LogP contribution in [0.1, 0.15) is 10.5 Å². The van der Waals surface area contributed by atoms with E-state index in [4.69, 9.17) is 0 Å². The summed E-state index contributed by atoms with van der Waals surface area (Å²) in [6.45, 7) is 0. The first-order chi connectivity index (χ1) is 7.65. The predicted molar refractivity (Wildman–Crippen MR) is 63.6 cm³/mol. The molecular formula is C11H8BrNO3. The van der Waals surface area contributed by atoms with Gasteiger partial charge >= 0.3 is 5.97 Å². The molecule has 1 N–H and O–H groups in total. The van der Waals surface area contributed by atoms with Crippen molar-refractivity contribution in [3.8, 4) is 0 Å². The van der Waals surface area contributed by atoms with Gasteiger partial charge in [-0.05, 0) is 22.0 Å². The third kappa shape index (κ3) is 1.63. The number of methoxy groups -OCH3 is 1. The Morgan fingerprint density at radius 1 is 1.31 bits per heavy atom. The third-order valence-electron chi connectivity index (χ3n) is 2.26. The Labute approximate surface area is 99.4 Å². The number of hydrogen-bond donors (Lipinski definition) is 1. The lowest BCUT2D eigenvalue weighted by atomic mass is 10.1. The van der Waals surface area contributed by atoms with Crippen LogP contribution < -0.4 is 5.56 Å². The number of carbonyl (C=O) groups is 1. The van der Waals surface area contributed by atoms with E-state index in [0.29, 0.717) is 15.2 Å². The first-order valence-electron chi connectivity index (χ1n) is 4.54. The van der Waals surface area contributed by atoms with E-state index < -0.39 is 5.97 Å². The van der Waals surface area contributed by atoms with Crippen LogP contribution in [0.15, 0.2) is 33.5 Å². The zero-order chi connectivity index (χ0) is 11.7. The molecule has 1 aromatic heterocycles. The maximum absolute atomic E-state index is 11.7. The number of pyridine rings is 1. The minimum atomic E-state index is -0.574. The first kappa shape index (κ1) is 10.9. The lowest BCUT2D eigenvalue weighted by molar-refractivity contribution is 0.0593. The molecule has 0 amide bonds. The standard InChI is InChI=1S/C11H8BrNO3/c1-16-11(15)9-8(12)6-4-2-3-5-7(6)10(14)13-9/h2-5H,1H3,(H,13,14). The largest absolute Gasteiger partial charge is 0.464 e. The van der Waals surface area contributed by atoms with Crippen LogP contribution >= 0.6 is 15.9 Å². The van der Waals surface area contributed by atoms with Crippen LogP contribution in [0.4, 0.5) is 0 Å². The van der Waals surface area contributed by atoms with Gasteiger partial charge in [-0.1, -0.05) is 18.2 Å². The molecule has 16 heavy (non-hydrogen) atoms. The summed E-state index contributed by atoms with van der Waals surface area (Å²) in [5.41, 5.74) is -0.176. The molecule has 2 aromatic rings.